The summed E-state index contributed by atoms with van der Waals surface area (Å²) in [7, 11) is 3.11. The molecule has 0 spiro atoms. The number of halogens is 1. The van der Waals surface area contributed by atoms with Crippen molar-refractivity contribution < 1.29 is 23.8 Å². The van der Waals surface area contributed by atoms with Crippen LogP contribution in [0.25, 0.3) is 6.08 Å². The van der Waals surface area contributed by atoms with Gasteiger partial charge in [0.1, 0.15) is 11.5 Å². The highest BCUT2D eigenvalue weighted by atomic mass is 35.5. The molecule has 0 aliphatic heterocycles. The SMILES string of the molecule is COc1ccc(OC)c([C@H](C)NC(=O)COC(=O)/C=C/c2cccc(Cl)c2)c1. The standard InChI is InChI=1S/C21H22ClNO5/c1-14(18-12-17(26-2)8-9-19(18)27-3)23-20(24)13-28-21(25)10-7-15-5-4-6-16(22)11-15/h4-12,14H,13H2,1-3H3,(H,23,24)/b10-7+/t14-/m0/s1. The molecule has 0 bridgehead atoms. The first-order valence-corrected chi connectivity index (χ1v) is 8.92. The quantitative estimate of drug-likeness (QED) is 0.536. The number of hydrogen-bond donors (Lipinski definition) is 1. The molecule has 0 heterocycles. The van der Waals surface area contributed by atoms with Crippen LogP contribution in [-0.4, -0.2) is 32.7 Å². The lowest BCUT2D eigenvalue weighted by atomic mass is 10.1. The lowest BCUT2D eigenvalue weighted by Gasteiger charge is -2.18. The van der Waals surface area contributed by atoms with E-state index >= 15 is 0 Å². The van der Waals surface area contributed by atoms with Crippen molar-refractivity contribution in [2.45, 2.75) is 13.0 Å². The van der Waals surface area contributed by atoms with Crippen molar-refractivity contribution in [3.8, 4) is 11.5 Å². The Labute approximate surface area is 169 Å². The molecule has 28 heavy (non-hydrogen) atoms. The molecule has 0 fully saturated rings. The van der Waals surface area contributed by atoms with E-state index in [4.69, 9.17) is 25.8 Å². The second-order valence-corrected chi connectivity index (χ2v) is 6.33. The maximum atomic E-state index is 12.1. The molecule has 6 nitrogen and oxygen atoms in total. The van der Waals surface area contributed by atoms with Gasteiger partial charge in [0.05, 0.1) is 20.3 Å². The van der Waals surface area contributed by atoms with Gasteiger partial charge in [-0.25, -0.2) is 4.79 Å². The van der Waals surface area contributed by atoms with E-state index in [0.717, 1.165) is 11.1 Å². The third kappa shape index (κ3) is 6.32. The maximum absolute atomic E-state index is 12.1. The molecule has 0 aliphatic carbocycles. The molecule has 0 radical (unpaired) electrons. The van der Waals surface area contributed by atoms with Crippen LogP contribution in [0, 0.1) is 0 Å². The number of rotatable bonds is 8. The molecule has 148 valence electrons. The Kier molecular flexibility index (Phi) is 7.89. The average molecular weight is 404 g/mol. The first-order valence-electron chi connectivity index (χ1n) is 8.54. The molecule has 0 saturated heterocycles. The van der Waals surface area contributed by atoms with E-state index in [2.05, 4.69) is 5.32 Å². The van der Waals surface area contributed by atoms with Gasteiger partial charge in [0.2, 0.25) is 0 Å². The molecule has 1 atom stereocenters. The van der Waals surface area contributed by atoms with E-state index < -0.39 is 18.5 Å². The molecule has 2 rings (SSSR count). The first kappa shape index (κ1) is 21.3. The van der Waals surface area contributed by atoms with E-state index in [1.54, 1.807) is 69.7 Å². The highest BCUT2D eigenvalue weighted by Gasteiger charge is 2.16. The number of carbonyl (C=O) groups excluding carboxylic acids is 2. The number of ether oxygens (including phenoxy) is 3. The van der Waals surface area contributed by atoms with Crippen LogP contribution in [0.15, 0.2) is 48.5 Å². The van der Waals surface area contributed by atoms with Gasteiger partial charge in [0, 0.05) is 16.7 Å². The Hall–Kier alpha value is -2.99. The third-order valence-electron chi connectivity index (χ3n) is 3.89. The van der Waals surface area contributed by atoms with Crippen LogP contribution in [0.2, 0.25) is 5.02 Å². The van der Waals surface area contributed by atoms with E-state index in [0.29, 0.717) is 16.5 Å². The second kappa shape index (κ2) is 10.4. The molecule has 1 amide bonds. The van der Waals surface area contributed by atoms with E-state index in [9.17, 15) is 9.59 Å². The van der Waals surface area contributed by atoms with Crippen LogP contribution in [0.5, 0.6) is 11.5 Å². The van der Waals surface area contributed by atoms with E-state index in [1.807, 2.05) is 0 Å². The largest absolute Gasteiger partial charge is 0.497 e. The average Bonchev–Trinajstić information content (AvgIpc) is 2.70. The highest BCUT2D eigenvalue weighted by molar-refractivity contribution is 6.30. The minimum absolute atomic E-state index is 0.363. The maximum Gasteiger partial charge on any atom is 0.331 e. The van der Waals surface area contributed by atoms with Crippen LogP contribution in [-0.2, 0) is 14.3 Å². The molecular weight excluding hydrogens is 382 g/mol. The summed E-state index contributed by atoms with van der Waals surface area (Å²) in [5.41, 5.74) is 1.51. The zero-order chi connectivity index (χ0) is 20.5. The van der Waals surface area contributed by atoms with Crippen molar-refractivity contribution in [2.75, 3.05) is 20.8 Å². The zero-order valence-corrected chi connectivity index (χ0v) is 16.7. The van der Waals surface area contributed by atoms with Crippen molar-refractivity contribution in [2.24, 2.45) is 0 Å². The van der Waals surface area contributed by atoms with Gasteiger partial charge in [-0.3, -0.25) is 4.79 Å². The van der Waals surface area contributed by atoms with Gasteiger partial charge >= 0.3 is 5.97 Å². The monoisotopic (exact) mass is 403 g/mol. The van der Waals surface area contributed by atoms with Crippen molar-refractivity contribution in [1.29, 1.82) is 0 Å². The molecule has 1 N–H and O–H groups in total. The summed E-state index contributed by atoms with van der Waals surface area (Å²) in [5.74, 6) is 0.216. The smallest absolute Gasteiger partial charge is 0.331 e. The fourth-order valence-electron chi connectivity index (χ4n) is 2.50. The Balaban J connectivity index is 1.89. The minimum atomic E-state index is -0.623. The lowest BCUT2D eigenvalue weighted by Crippen LogP contribution is -2.31. The van der Waals surface area contributed by atoms with Crippen molar-refractivity contribution in [3.05, 3.63) is 64.7 Å². The van der Waals surface area contributed by atoms with Gasteiger partial charge in [0.15, 0.2) is 6.61 Å². The molecule has 0 saturated carbocycles. The predicted octanol–water partition coefficient (Wildman–Crippen LogP) is 3.79. The van der Waals surface area contributed by atoms with Crippen LogP contribution < -0.4 is 14.8 Å². The number of amides is 1. The van der Waals surface area contributed by atoms with Gasteiger partial charge in [0.25, 0.3) is 5.91 Å². The summed E-state index contributed by atoms with van der Waals surface area (Å²) in [4.78, 5) is 23.9. The van der Waals surface area contributed by atoms with Gasteiger partial charge in [-0.15, -0.1) is 0 Å². The summed E-state index contributed by atoms with van der Waals surface area (Å²) in [5, 5.41) is 3.33. The second-order valence-electron chi connectivity index (χ2n) is 5.89. The first-order chi connectivity index (χ1) is 13.4. The number of nitrogens with one attached hydrogen (secondary N) is 1. The molecule has 0 aromatic heterocycles. The fourth-order valence-corrected chi connectivity index (χ4v) is 2.70. The summed E-state index contributed by atoms with van der Waals surface area (Å²) in [6.45, 7) is 1.41. The number of carbonyl (C=O) groups is 2. The topological polar surface area (TPSA) is 73.9 Å². The number of methoxy groups -OCH3 is 2. The van der Waals surface area contributed by atoms with Crippen LogP contribution in [0.1, 0.15) is 24.1 Å². The molecule has 0 unspecified atom stereocenters. The van der Waals surface area contributed by atoms with Crippen molar-refractivity contribution >= 4 is 29.6 Å². The van der Waals surface area contributed by atoms with Crippen LogP contribution in [0.4, 0.5) is 0 Å². The summed E-state index contributed by atoms with van der Waals surface area (Å²) in [6, 6.07) is 12.0. The summed E-state index contributed by atoms with van der Waals surface area (Å²) < 4.78 is 15.5. The predicted molar refractivity (Wildman–Crippen MR) is 108 cm³/mol. The Morgan fingerprint density at radius 2 is 1.93 bits per heavy atom. The third-order valence-corrected chi connectivity index (χ3v) is 4.12. The number of esters is 1. The highest BCUT2D eigenvalue weighted by Crippen LogP contribution is 2.29. The zero-order valence-electron chi connectivity index (χ0n) is 15.9. The lowest BCUT2D eigenvalue weighted by molar-refractivity contribution is -0.144. The molecule has 2 aromatic carbocycles. The summed E-state index contributed by atoms with van der Waals surface area (Å²) >= 11 is 5.88. The fraction of sp³-hybridized carbons (Fsp3) is 0.238. The minimum Gasteiger partial charge on any atom is -0.497 e. The summed E-state index contributed by atoms with van der Waals surface area (Å²) in [6.07, 6.45) is 2.81. The van der Waals surface area contributed by atoms with Gasteiger partial charge < -0.3 is 19.5 Å². The van der Waals surface area contributed by atoms with Gasteiger partial charge in [-0.05, 0) is 48.9 Å². The Morgan fingerprint density at radius 3 is 2.61 bits per heavy atom. The van der Waals surface area contributed by atoms with Crippen LogP contribution >= 0.6 is 11.6 Å². The Morgan fingerprint density at radius 1 is 1.14 bits per heavy atom. The number of hydrogen-bond acceptors (Lipinski definition) is 5. The van der Waals surface area contributed by atoms with Crippen molar-refractivity contribution in [3.63, 3.8) is 0 Å². The molecule has 7 heteroatoms. The molecular formula is C21H22ClNO5. The van der Waals surface area contributed by atoms with Crippen molar-refractivity contribution in [1.82, 2.24) is 5.32 Å². The van der Waals surface area contributed by atoms with Gasteiger partial charge in [-0.1, -0.05) is 23.7 Å². The Bertz CT molecular complexity index is 866. The van der Waals surface area contributed by atoms with E-state index in [-0.39, 0.29) is 6.04 Å². The normalized spacial score (nSPS) is 11.7. The molecule has 0 aliphatic rings. The number of benzene rings is 2. The van der Waals surface area contributed by atoms with Gasteiger partial charge in [-0.2, -0.15) is 0 Å². The van der Waals surface area contributed by atoms with E-state index in [1.165, 1.54) is 6.08 Å². The molecule has 2 aromatic rings. The van der Waals surface area contributed by atoms with Crippen LogP contribution in [0.3, 0.4) is 0 Å².